The number of nitrogens with zero attached hydrogens (tertiary/aromatic N) is 3. The molecule has 5 nitrogen and oxygen atoms in total. The van der Waals surface area contributed by atoms with Crippen LogP contribution < -0.4 is 5.56 Å². The number of benzene rings is 2. The van der Waals surface area contributed by atoms with Gasteiger partial charge in [-0.25, -0.2) is 9.37 Å². The van der Waals surface area contributed by atoms with Gasteiger partial charge in [-0.15, -0.1) is 0 Å². The number of fused-ring (bicyclic) bond motifs is 1. The molecule has 2 aromatic carbocycles. The number of carbonyl (C=O) groups excluding carboxylic acids is 1. The first kappa shape index (κ1) is 22.7. The molecule has 0 fully saturated rings. The lowest BCUT2D eigenvalue weighted by molar-refractivity contribution is -0.133. The van der Waals surface area contributed by atoms with Crippen LogP contribution in [0.1, 0.15) is 64.7 Å². The summed E-state index contributed by atoms with van der Waals surface area (Å²) in [5, 5.41) is 0.483. The summed E-state index contributed by atoms with van der Waals surface area (Å²) >= 11 is 0. The molecule has 3 rings (SSSR count). The highest BCUT2D eigenvalue weighted by Crippen LogP contribution is 2.24. The van der Waals surface area contributed by atoms with Crippen LogP contribution in [0.25, 0.3) is 16.6 Å². The first-order valence-corrected chi connectivity index (χ1v) is 11.0. The summed E-state index contributed by atoms with van der Waals surface area (Å²) in [6, 6.07) is 12.5. The van der Waals surface area contributed by atoms with Crippen molar-refractivity contribution in [3.63, 3.8) is 0 Å². The summed E-state index contributed by atoms with van der Waals surface area (Å²) in [5.74, 6) is 0.149. The molecule has 3 aromatic rings. The molecule has 0 bridgehead atoms. The molecule has 0 radical (unpaired) electrons. The number of rotatable bonds is 9. The molecule has 1 atom stereocenters. The van der Waals surface area contributed by atoms with E-state index in [2.05, 4.69) is 6.92 Å². The zero-order valence-electron chi connectivity index (χ0n) is 18.5. The number of halogens is 1. The van der Waals surface area contributed by atoms with E-state index in [-0.39, 0.29) is 17.3 Å². The highest BCUT2D eigenvalue weighted by atomic mass is 19.1. The largest absolute Gasteiger partial charge is 0.333 e. The maximum absolute atomic E-state index is 13.5. The molecule has 1 amide bonds. The Morgan fingerprint density at radius 2 is 1.77 bits per heavy atom. The first-order valence-electron chi connectivity index (χ1n) is 11.0. The van der Waals surface area contributed by atoms with Crippen molar-refractivity contribution in [1.82, 2.24) is 14.5 Å². The summed E-state index contributed by atoms with van der Waals surface area (Å²) in [6.07, 6.45) is 4.60. The van der Waals surface area contributed by atoms with Gasteiger partial charge in [0, 0.05) is 13.0 Å². The lowest BCUT2D eigenvalue weighted by Crippen LogP contribution is -2.37. The van der Waals surface area contributed by atoms with Crippen LogP contribution in [0, 0.1) is 5.82 Å². The zero-order valence-corrected chi connectivity index (χ0v) is 18.5. The van der Waals surface area contributed by atoms with Gasteiger partial charge in [0.1, 0.15) is 11.6 Å². The SMILES string of the molecule is CCCCCCC(=O)N(CC)C(C)c1nc2ccccc2c(=O)n1-c1ccc(F)cc1. The van der Waals surface area contributed by atoms with Gasteiger partial charge in [0.05, 0.1) is 22.6 Å². The van der Waals surface area contributed by atoms with Gasteiger partial charge >= 0.3 is 0 Å². The van der Waals surface area contributed by atoms with Crippen molar-refractivity contribution >= 4 is 16.8 Å². The summed E-state index contributed by atoms with van der Waals surface area (Å²) in [7, 11) is 0. The van der Waals surface area contributed by atoms with Gasteiger partial charge in [-0.2, -0.15) is 0 Å². The highest BCUT2D eigenvalue weighted by molar-refractivity contribution is 5.79. The fraction of sp³-hybridized carbons (Fsp3) is 0.400. The Morgan fingerprint density at radius 3 is 2.45 bits per heavy atom. The molecule has 1 aromatic heterocycles. The minimum absolute atomic E-state index is 0.0548. The first-order chi connectivity index (χ1) is 15.0. The molecule has 0 saturated heterocycles. The van der Waals surface area contributed by atoms with Crippen molar-refractivity contribution < 1.29 is 9.18 Å². The molecular weight excluding hydrogens is 393 g/mol. The van der Waals surface area contributed by atoms with Gasteiger partial charge in [-0.05, 0) is 56.7 Å². The van der Waals surface area contributed by atoms with Crippen molar-refractivity contribution in [3.8, 4) is 5.69 Å². The molecular formula is C25H30FN3O2. The summed E-state index contributed by atoms with van der Waals surface area (Å²) < 4.78 is 15.0. The van der Waals surface area contributed by atoms with E-state index >= 15 is 0 Å². The topological polar surface area (TPSA) is 55.2 Å². The van der Waals surface area contributed by atoms with Gasteiger partial charge in [-0.3, -0.25) is 14.2 Å². The second-order valence-corrected chi connectivity index (χ2v) is 7.77. The van der Waals surface area contributed by atoms with Crippen LogP contribution in [-0.4, -0.2) is 26.9 Å². The van der Waals surface area contributed by atoms with Crippen molar-refractivity contribution in [2.45, 2.75) is 58.9 Å². The number of hydrogen-bond acceptors (Lipinski definition) is 3. The molecule has 0 N–H and O–H groups in total. The predicted molar refractivity (Wildman–Crippen MR) is 122 cm³/mol. The lowest BCUT2D eigenvalue weighted by atomic mass is 10.1. The molecule has 164 valence electrons. The van der Waals surface area contributed by atoms with Gasteiger partial charge in [0.15, 0.2) is 0 Å². The van der Waals surface area contributed by atoms with Gasteiger partial charge in [-0.1, -0.05) is 38.3 Å². The molecule has 0 spiro atoms. The Morgan fingerprint density at radius 1 is 1.06 bits per heavy atom. The minimum atomic E-state index is -0.411. The average molecular weight is 424 g/mol. The third kappa shape index (κ3) is 5.01. The Bertz CT molecular complexity index is 1090. The Hall–Kier alpha value is -3.02. The maximum Gasteiger partial charge on any atom is 0.266 e. The fourth-order valence-corrected chi connectivity index (χ4v) is 3.92. The second-order valence-electron chi connectivity index (χ2n) is 7.77. The number of amides is 1. The molecule has 0 saturated carbocycles. The summed E-state index contributed by atoms with van der Waals surface area (Å²) in [6.45, 7) is 6.48. The molecule has 0 aliphatic rings. The van der Waals surface area contributed by atoms with E-state index < -0.39 is 6.04 Å². The molecule has 1 heterocycles. The van der Waals surface area contributed by atoms with Crippen LogP contribution >= 0.6 is 0 Å². The standard InChI is InChI=1S/C25H30FN3O2/c1-4-6-7-8-13-23(30)28(5-2)18(3)24-27-22-12-10-9-11-21(22)25(31)29(24)20-16-14-19(26)15-17-20/h9-12,14-18H,4-8,13H2,1-3H3. The van der Waals surface area contributed by atoms with Gasteiger partial charge in [0.25, 0.3) is 5.56 Å². The average Bonchev–Trinajstić information content (AvgIpc) is 2.78. The zero-order chi connectivity index (χ0) is 22.4. The molecule has 0 aliphatic carbocycles. The van der Waals surface area contributed by atoms with Gasteiger partial charge in [0.2, 0.25) is 5.91 Å². The van der Waals surface area contributed by atoms with Crippen molar-refractivity contribution in [2.75, 3.05) is 6.54 Å². The van der Waals surface area contributed by atoms with Crippen LogP contribution in [-0.2, 0) is 4.79 Å². The monoisotopic (exact) mass is 423 g/mol. The van der Waals surface area contributed by atoms with Crippen LogP contribution in [0.3, 0.4) is 0 Å². The minimum Gasteiger partial charge on any atom is -0.333 e. The molecule has 6 heteroatoms. The number of carbonyl (C=O) groups is 1. The maximum atomic E-state index is 13.5. The normalized spacial score (nSPS) is 12.1. The molecule has 0 aliphatic heterocycles. The van der Waals surface area contributed by atoms with E-state index in [1.54, 1.807) is 35.2 Å². The van der Waals surface area contributed by atoms with Crippen molar-refractivity contribution in [2.24, 2.45) is 0 Å². The van der Waals surface area contributed by atoms with Crippen LogP contribution in [0.15, 0.2) is 53.3 Å². The van der Waals surface area contributed by atoms with Crippen LogP contribution in [0.5, 0.6) is 0 Å². The third-order valence-corrected chi connectivity index (χ3v) is 5.63. The van der Waals surface area contributed by atoms with Crippen LogP contribution in [0.4, 0.5) is 4.39 Å². The van der Waals surface area contributed by atoms with E-state index in [4.69, 9.17) is 4.98 Å². The summed E-state index contributed by atoms with van der Waals surface area (Å²) in [4.78, 5) is 32.9. The van der Waals surface area contributed by atoms with E-state index in [0.717, 1.165) is 25.7 Å². The fourth-order valence-electron chi connectivity index (χ4n) is 3.92. The Labute approximate surface area is 182 Å². The van der Waals surface area contributed by atoms with Crippen molar-refractivity contribution in [3.05, 3.63) is 70.5 Å². The number of aromatic nitrogens is 2. The van der Waals surface area contributed by atoms with Crippen LogP contribution in [0.2, 0.25) is 0 Å². The quantitative estimate of drug-likeness (QED) is 0.433. The third-order valence-electron chi connectivity index (χ3n) is 5.63. The smallest absolute Gasteiger partial charge is 0.266 e. The van der Waals surface area contributed by atoms with E-state index in [1.165, 1.54) is 16.7 Å². The number of unbranched alkanes of at least 4 members (excludes halogenated alkanes) is 3. The predicted octanol–water partition coefficient (Wildman–Crippen LogP) is 5.40. The second kappa shape index (κ2) is 10.3. The van der Waals surface area contributed by atoms with E-state index in [0.29, 0.717) is 35.4 Å². The Balaban J connectivity index is 2.06. The highest BCUT2D eigenvalue weighted by Gasteiger charge is 2.25. The molecule has 1 unspecified atom stereocenters. The Kier molecular flexibility index (Phi) is 7.55. The number of hydrogen-bond donors (Lipinski definition) is 0. The number of para-hydroxylation sites is 1. The van der Waals surface area contributed by atoms with Gasteiger partial charge < -0.3 is 4.90 Å². The van der Waals surface area contributed by atoms with E-state index in [1.807, 2.05) is 19.9 Å². The molecule has 31 heavy (non-hydrogen) atoms. The van der Waals surface area contributed by atoms with E-state index in [9.17, 15) is 14.0 Å². The van der Waals surface area contributed by atoms with Crippen molar-refractivity contribution in [1.29, 1.82) is 0 Å². The lowest BCUT2D eigenvalue weighted by Gasteiger charge is -2.29. The summed E-state index contributed by atoms with van der Waals surface area (Å²) in [5.41, 5.74) is 0.877.